The van der Waals surface area contributed by atoms with Gasteiger partial charge >= 0.3 is 0 Å². The van der Waals surface area contributed by atoms with Crippen LogP contribution in [0.5, 0.6) is 0 Å². The number of rotatable bonds is 5. The number of nitrogens with two attached hydrogens (primary N) is 1. The Labute approximate surface area is 111 Å². The highest BCUT2D eigenvalue weighted by Gasteiger charge is 2.30. The van der Waals surface area contributed by atoms with E-state index in [0.29, 0.717) is 12.1 Å². The van der Waals surface area contributed by atoms with Gasteiger partial charge in [0.1, 0.15) is 0 Å². The number of benzene rings is 1. The average Bonchev–Trinajstić information content (AvgIpc) is 2.69. The number of hydrogen-bond donors (Lipinski definition) is 1. The third-order valence-corrected chi connectivity index (χ3v) is 3.81. The van der Waals surface area contributed by atoms with Gasteiger partial charge in [0, 0.05) is 25.2 Å². The second kappa shape index (κ2) is 6.32. The highest BCUT2D eigenvalue weighted by molar-refractivity contribution is 5.15. The van der Waals surface area contributed by atoms with E-state index >= 15 is 0 Å². The topological polar surface area (TPSA) is 32.5 Å². The van der Waals surface area contributed by atoms with Crippen LogP contribution in [0.15, 0.2) is 30.3 Å². The Kier molecular flexibility index (Phi) is 4.75. The Morgan fingerprint density at radius 1 is 1.28 bits per heavy atom. The maximum absolute atomic E-state index is 6.25. The minimum Gasteiger partial charge on any atom is -0.326 e. The summed E-state index contributed by atoms with van der Waals surface area (Å²) < 4.78 is 0. The largest absolute Gasteiger partial charge is 0.326 e. The van der Waals surface area contributed by atoms with Gasteiger partial charge in [-0.25, -0.2) is 0 Å². The van der Waals surface area contributed by atoms with Crippen LogP contribution in [0.2, 0.25) is 0 Å². The summed E-state index contributed by atoms with van der Waals surface area (Å²) in [6.07, 6.45) is 2.30. The van der Waals surface area contributed by atoms with Crippen molar-refractivity contribution in [1.82, 2.24) is 9.80 Å². The molecule has 2 atom stereocenters. The molecule has 1 aliphatic heterocycles. The molecule has 0 amide bonds. The van der Waals surface area contributed by atoms with E-state index in [-0.39, 0.29) is 0 Å². The number of nitrogens with zero attached hydrogens (tertiary/aromatic N) is 2. The van der Waals surface area contributed by atoms with E-state index in [0.717, 1.165) is 26.1 Å². The van der Waals surface area contributed by atoms with E-state index in [9.17, 15) is 0 Å². The quantitative estimate of drug-likeness (QED) is 0.856. The van der Waals surface area contributed by atoms with E-state index in [1.165, 1.54) is 12.0 Å². The van der Waals surface area contributed by atoms with Gasteiger partial charge in [-0.15, -0.1) is 0 Å². The maximum atomic E-state index is 6.25. The van der Waals surface area contributed by atoms with Gasteiger partial charge in [-0.2, -0.15) is 0 Å². The third kappa shape index (κ3) is 3.55. The number of likely N-dealkylation sites (tertiary alicyclic amines) is 1. The van der Waals surface area contributed by atoms with Crippen LogP contribution in [0.1, 0.15) is 18.4 Å². The van der Waals surface area contributed by atoms with Crippen molar-refractivity contribution in [3.05, 3.63) is 35.9 Å². The molecule has 0 radical (unpaired) electrons. The van der Waals surface area contributed by atoms with Crippen molar-refractivity contribution < 1.29 is 0 Å². The normalized spacial score (nSPS) is 24.9. The Balaban J connectivity index is 1.94. The molecule has 2 rings (SSSR count). The van der Waals surface area contributed by atoms with Gasteiger partial charge in [-0.05, 0) is 39.0 Å². The molecule has 0 aliphatic carbocycles. The first kappa shape index (κ1) is 13.5. The van der Waals surface area contributed by atoms with Crippen LogP contribution in [-0.2, 0) is 6.54 Å². The van der Waals surface area contributed by atoms with Crippen molar-refractivity contribution in [1.29, 1.82) is 0 Å². The molecular weight excluding hydrogens is 222 g/mol. The summed E-state index contributed by atoms with van der Waals surface area (Å²) in [5.41, 5.74) is 7.64. The fourth-order valence-corrected chi connectivity index (χ4v) is 2.75. The van der Waals surface area contributed by atoms with Gasteiger partial charge < -0.3 is 10.6 Å². The zero-order valence-corrected chi connectivity index (χ0v) is 11.5. The maximum Gasteiger partial charge on any atom is 0.0263 e. The molecule has 3 heteroatoms. The zero-order valence-electron chi connectivity index (χ0n) is 11.5. The lowest BCUT2D eigenvalue weighted by atomic mass is 10.1. The summed E-state index contributed by atoms with van der Waals surface area (Å²) in [4.78, 5) is 4.79. The minimum atomic E-state index is 0.341. The van der Waals surface area contributed by atoms with Crippen LogP contribution < -0.4 is 5.73 Å². The molecule has 18 heavy (non-hydrogen) atoms. The molecular formula is C15H25N3. The van der Waals surface area contributed by atoms with Crippen molar-refractivity contribution in [3.8, 4) is 0 Å². The van der Waals surface area contributed by atoms with Gasteiger partial charge in [0.25, 0.3) is 0 Å². The molecule has 1 saturated heterocycles. The Morgan fingerprint density at radius 2 is 2.00 bits per heavy atom. The van der Waals surface area contributed by atoms with E-state index in [4.69, 9.17) is 5.73 Å². The second-order valence-corrected chi connectivity index (χ2v) is 5.57. The Bertz CT molecular complexity index is 350. The molecule has 3 nitrogen and oxygen atoms in total. The van der Waals surface area contributed by atoms with Crippen molar-refractivity contribution in [2.24, 2.45) is 5.73 Å². The molecule has 0 bridgehead atoms. The standard InChI is InChI=1S/C15H25N3/c1-17(2)10-9-15-14(16)8-11-18(15)12-13-6-4-3-5-7-13/h3-7,14-15H,8-12,16H2,1-2H3. The summed E-state index contributed by atoms with van der Waals surface area (Å²) in [5, 5.41) is 0. The summed E-state index contributed by atoms with van der Waals surface area (Å²) in [6, 6.07) is 11.6. The van der Waals surface area contributed by atoms with Crippen molar-refractivity contribution >= 4 is 0 Å². The molecule has 1 aliphatic rings. The second-order valence-electron chi connectivity index (χ2n) is 5.57. The predicted octanol–water partition coefficient (Wildman–Crippen LogP) is 1.54. The van der Waals surface area contributed by atoms with Crippen molar-refractivity contribution in [3.63, 3.8) is 0 Å². The van der Waals surface area contributed by atoms with Gasteiger partial charge in [0.05, 0.1) is 0 Å². The first-order valence-corrected chi connectivity index (χ1v) is 6.85. The van der Waals surface area contributed by atoms with Crippen LogP contribution >= 0.6 is 0 Å². The van der Waals surface area contributed by atoms with Gasteiger partial charge in [0.2, 0.25) is 0 Å². The minimum absolute atomic E-state index is 0.341. The van der Waals surface area contributed by atoms with Crippen LogP contribution in [0.3, 0.4) is 0 Å². The van der Waals surface area contributed by atoms with E-state index < -0.39 is 0 Å². The SMILES string of the molecule is CN(C)CCC1C(N)CCN1Cc1ccccc1. The summed E-state index contributed by atoms with van der Waals surface area (Å²) >= 11 is 0. The highest BCUT2D eigenvalue weighted by Crippen LogP contribution is 2.21. The van der Waals surface area contributed by atoms with Gasteiger partial charge in [-0.1, -0.05) is 30.3 Å². The monoisotopic (exact) mass is 247 g/mol. The predicted molar refractivity (Wildman–Crippen MR) is 76.4 cm³/mol. The third-order valence-electron chi connectivity index (χ3n) is 3.81. The molecule has 2 unspecified atom stereocenters. The average molecular weight is 247 g/mol. The van der Waals surface area contributed by atoms with Crippen molar-refractivity contribution in [2.75, 3.05) is 27.2 Å². The fourth-order valence-electron chi connectivity index (χ4n) is 2.75. The first-order chi connectivity index (χ1) is 8.66. The van der Waals surface area contributed by atoms with Crippen LogP contribution in [0.25, 0.3) is 0 Å². The Hall–Kier alpha value is -0.900. The van der Waals surface area contributed by atoms with Crippen LogP contribution in [-0.4, -0.2) is 49.1 Å². The van der Waals surface area contributed by atoms with Gasteiger partial charge in [-0.3, -0.25) is 4.90 Å². The van der Waals surface area contributed by atoms with Crippen LogP contribution in [0, 0.1) is 0 Å². The lowest BCUT2D eigenvalue weighted by Crippen LogP contribution is -2.40. The first-order valence-electron chi connectivity index (χ1n) is 6.85. The lowest BCUT2D eigenvalue weighted by molar-refractivity contribution is 0.209. The molecule has 1 aromatic rings. The highest BCUT2D eigenvalue weighted by atomic mass is 15.2. The molecule has 0 aromatic heterocycles. The molecule has 100 valence electrons. The van der Waals surface area contributed by atoms with E-state index in [2.05, 4.69) is 54.2 Å². The van der Waals surface area contributed by atoms with Gasteiger partial charge in [0.15, 0.2) is 0 Å². The van der Waals surface area contributed by atoms with Crippen molar-refractivity contribution in [2.45, 2.75) is 31.5 Å². The molecule has 0 saturated carbocycles. The number of hydrogen-bond acceptors (Lipinski definition) is 3. The molecule has 1 aromatic carbocycles. The van der Waals surface area contributed by atoms with E-state index in [1.807, 2.05) is 0 Å². The van der Waals surface area contributed by atoms with E-state index in [1.54, 1.807) is 0 Å². The molecule has 0 spiro atoms. The molecule has 2 N–H and O–H groups in total. The smallest absolute Gasteiger partial charge is 0.0263 e. The fraction of sp³-hybridized carbons (Fsp3) is 0.600. The Morgan fingerprint density at radius 3 is 2.67 bits per heavy atom. The zero-order chi connectivity index (χ0) is 13.0. The summed E-state index contributed by atoms with van der Waals surface area (Å²) in [7, 11) is 4.25. The molecule has 1 heterocycles. The molecule has 1 fully saturated rings. The summed E-state index contributed by atoms with van der Waals surface area (Å²) in [6.45, 7) is 3.28. The van der Waals surface area contributed by atoms with Crippen LogP contribution in [0.4, 0.5) is 0 Å². The summed E-state index contributed by atoms with van der Waals surface area (Å²) in [5.74, 6) is 0. The lowest BCUT2D eigenvalue weighted by Gasteiger charge is -2.28.